The summed E-state index contributed by atoms with van der Waals surface area (Å²) in [5.41, 5.74) is 0.952. The molecule has 4 nitrogen and oxygen atoms in total. The van der Waals surface area contributed by atoms with Gasteiger partial charge in [0.05, 0.1) is 12.1 Å². The fourth-order valence-electron chi connectivity index (χ4n) is 1.59. The number of nitrogens with zero attached hydrogens (tertiary/aromatic N) is 2. The van der Waals surface area contributed by atoms with Crippen LogP contribution < -0.4 is 5.32 Å². The Balaban J connectivity index is 1.81. The molecule has 0 aliphatic carbocycles. The number of nitrogens with one attached hydrogen (secondary N) is 1. The predicted molar refractivity (Wildman–Crippen MR) is 74.2 cm³/mol. The minimum Gasteiger partial charge on any atom is -0.380 e. The summed E-state index contributed by atoms with van der Waals surface area (Å²) in [6, 6.07) is 7.93. The highest BCUT2D eigenvalue weighted by Gasteiger charge is 1.98. The highest BCUT2D eigenvalue weighted by molar-refractivity contribution is 6.17. The van der Waals surface area contributed by atoms with Crippen molar-refractivity contribution >= 4 is 28.5 Å². The van der Waals surface area contributed by atoms with Crippen LogP contribution >= 0.6 is 11.6 Å². The molecule has 18 heavy (non-hydrogen) atoms. The molecule has 0 aliphatic rings. The summed E-state index contributed by atoms with van der Waals surface area (Å²) in [7, 11) is 0. The lowest BCUT2D eigenvalue weighted by Crippen LogP contribution is -2.08. The molecule has 0 unspecified atom stereocenters. The van der Waals surface area contributed by atoms with Gasteiger partial charge in [0.15, 0.2) is 0 Å². The number of halogens is 1. The molecule has 0 amide bonds. The second-order valence-electron chi connectivity index (χ2n) is 3.83. The summed E-state index contributed by atoms with van der Waals surface area (Å²) in [5.74, 6) is 1.20. The van der Waals surface area contributed by atoms with Crippen LogP contribution in [0.1, 0.15) is 6.42 Å². The van der Waals surface area contributed by atoms with Crippen LogP contribution in [0.15, 0.2) is 30.5 Å². The third kappa shape index (κ3) is 3.82. The van der Waals surface area contributed by atoms with Gasteiger partial charge in [-0.1, -0.05) is 18.2 Å². The Kier molecular flexibility index (Phi) is 5.17. The van der Waals surface area contributed by atoms with E-state index in [1.54, 1.807) is 0 Å². The van der Waals surface area contributed by atoms with Gasteiger partial charge in [-0.2, -0.15) is 0 Å². The summed E-state index contributed by atoms with van der Waals surface area (Å²) in [4.78, 5) is 8.68. The molecule has 1 heterocycles. The lowest BCUT2D eigenvalue weighted by atomic mass is 10.2. The minimum atomic E-state index is 0.543. The van der Waals surface area contributed by atoms with Gasteiger partial charge in [-0.25, -0.2) is 9.97 Å². The van der Waals surface area contributed by atoms with Crippen LogP contribution in [0, 0.1) is 0 Å². The Morgan fingerprint density at radius 2 is 2.11 bits per heavy atom. The van der Waals surface area contributed by atoms with Gasteiger partial charge in [-0.05, 0) is 12.5 Å². The van der Waals surface area contributed by atoms with E-state index >= 15 is 0 Å². The lowest BCUT2D eigenvalue weighted by molar-refractivity contribution is 0.149. The maximum Gasteiger partial charge on any atom is 0.223 e. The topological polar surface area (TPSA) is 47.0 Å². The summed E-state index contributed by atoms with van der Waals surface area (Å²) >= 11 is 5.51. The fraction of sp³-hybridized carbons (Fsp3) is 0.385. The maximum atomic E-state index is 5.51. The van der Waals surface area contributed by atoms with Crippen molar-refractivity contribution in [3.05, 3.63) is 30.5 Å². The van der Waals surface area contributed by atoms with E-state index in [1.807, 2.05) is 30.5 Å². The van der Waals surface area contributed by atoms with Crippen LogP contribution in [0.2, 0.25) is 0 Å². The predicted octanol–water partition coefficient (Wildman–Crippen LogP) is 2.69. The zero-order valence-corrected chi connectivity index (χ0v) is 10.9. The van der Waals surface area contributed by atoms with Crippen molar-refractivity contribution < 1.29 is 4.74 Å². The Labute approximate surface area is 111 Å². The smallest absolute Gasteiger partial charge is 0.223 e. The zero-order chi connectivity index (χ0) is 12.6. The second-order valence-corrected chi connectivity index (χ2v) is 4.21. The average molecular weight is 266 g/mol. The Morgan fingerprint density at radius 3 is 3.00 bits per heavy atom. The number of alkyl halides is 1. The molecule has 0 saturated heterocycles. The normalized spacial score (nSPS) is 10.7. The number of anilines is 1. The first kappa shape index (κ1) is 13.1. The molecule has 0 bridgehead atoms. The van der Waals surface area contributed by atoms with Crippen molar-refractivity contribution in [2.45, 2.75) is 6.42 Å². The van der Waals surface area contributed by atoms with E-state index in [2.05, 4.69) is 15.3 Å². The van der Waals surface area contributed by atoms with E-state index in [4.69, 9.17) is 16.3 Å². The molecule has 0 spiro atoms. The molecular weight excluding hydrogens is 250 g/mol. The molecule has 0 saturated carbocycles. The van der Waals surface area contributed by atoms with E-state index in [-0.39, 0.29) is 0 Å². The van der Waals surface area contributed by atoms with Crippen molar-refractivity contribution in [1.29, 1.82) is 0 Å². The molecule has 1 aromatic heterocycles. The molecule has 0 radical (unpaired) electrons. The van der Waals surface area contributed by atoms with Crippen LogP contribution in [-0.2, 0) is 4.74 Å². The van der Waals surface area contributed by atoms with Crippen molar-refractivity contribution in [2.24, 2.45) is 0 Å². The van der Waals surface area contributed by atoms with E-state index in [0.717, 1.165) is 23.9 Å². The van der Waals surface area contributed by atoms with Crippen LogP contribution in [0.3, 0.4) is 0 Å². The van der Waals surface area contributed by atoms with Crippen LogP contribution in [0.25, 0.3) is 10.9 Å². The quantitative estimate of drug-likeness (QED) is 0.618. The molecule has 5 heteroatoms. The molecule has 96 valence electrons. The van der Waals surface area contributed by atoms with Crippen molar-refractivity contribution in [1.82, 2.24) is 9.97 Å². The number of para-hydroxylation sites is 1. The molecule has 1 aromatic carbocycles. The van der Waals surface area contributed by atoms with E-state index < -0.39 is 0 Å². The first-order chi connectivity index (χ1) is 8.90. The largest absolute Gasteiger partial charge is 0.380 e. The van der Waals surface area contributed by atoms with E-state index in [9.17, 15) is 0 Å². The monoisotopic (exact) mass is 265 g/mol. The van der Waals surface area contributed by atoms with E-state index in [0.29, 0.717) is 25.0 Å². The van der Waals surface area contributed by atoms with Gasteiger partial charge in [-0.15, -0.1) is 11.6 Å². The molecular formula is C13H16ClN3O. The lowest BCUT2D eigenvalue weighted by Gasteiger charge is -2.05. The van der Waals surface area contributed by atoms with Gasteiger partial charge in [0.2, 0.25) is 5.95 Å². The SMILES string of the molecule is ClCCOCCCNc1ncc2ccccc2n1. The maximum absolute atomic E-state index is 5.51. The first-order valence-corrected chi connectivity index (χ1v) is 6.53. The third-order valence-corrected chi connectivity index (χ3v) is 2.61. The van der Waals surface area contributed by atoms with Gasteiger partial charge in [0, 0.05) is 30.6 Å². The minimum absolute atomic E-state index is 0.543. The van der Waals surface area contributed by atoms with Crippen LogP contribution in [0.4, 0.5) is 5.95 Å². The number of rotatable bonds is 7. The van der Waals surface area contributed by atoms with Gasteiger partial charge in [-0.3, -0.25) is 0 Å². The van der Waals surface area contributed by atoms with Crippen molar-refractivity contribution in [2.75, 3.05) is 31.0 Å². The number of fused-ring (bicyclic) bond motifs is 1. The van der Waals surface area contributed by atoms with Gasteiger partial charge in [0.25, 0.3) is 0 Å². The standard InChI is InChI=1S/C13H16ClN3O/c14-6-9-18-8-3-7-15-13-16-10-11-4-1-2-5-12(11)17-13/h1-2,4-5,10H,3,6-9H2,(H,15,16,17). The highest BCUT2D eigenvalue weighted by Crippen LogP contribution is 2.11. The molecule has 2 rings (SSSR count). The molecule has 0 fully saturated rings. The Hall–Kier alpha value is -1.39. The highest BCUT2D eigenvalue weighted by atomic mass is 35.5. The number of aromatic nitrogens is 2. The van der Waals surface area contributed by atoms with Gasteiger partial charge >= 0.3 is 0 Å². The zero-order valence-electron chi connectivity index (χ0n) is 10.1. The molecule has 0 atom stereocenters. The number of ether oxygens (including phenoxy) is 1. The van der Waals surface area contributed by atoms with Gasteiger partial charge < -0.3 is 10.1 Å². The van der Waals surface area contributed by atoms with Crippen molar-refractivity contribution in [3.63, 3.8) is 0 Å². The van der Waals surface area contributed by atoms with E-state index in [1.165, 1.54) is 0 Å². The summed E-state index contributed by atoms with van der Waals surface area (Å²) in [6.45, 7) is 2.10. The van der Waals surface area contributed by atoms with Crippen LogP contribution in [0.5, 0.6) is 0 Å². The van der Waals surface area contributed by atoms with Crippen LogP contribution in [-0.4, -0.2) is 35.6 Å². The number of benzene rings is 1. The Morgan fingerprint density at radius 1 is 1.22 bits per heavy atom. The first-order valence-electron chi connectivity index (χ1n) is 5.99. The second kappa shape index (κ2) is 7.13. The summed E-state index contributed by atoms with van der Waals surface area (Å²) < 4.78 is 5.28. The molecule has 1 N–H and O–H groups in total. The third-order valence-electron chi connectivity index (χ3n) is 2.46. The summed E-state index contributed by atoms with van der Waals surface area (Å²) in [6.07, 6.45) is 2.74. The molecule has 2 aromatic rings. The number of hydrogen-bond donors (Lipinski definition) is 1. The van der Waals surface area contributed by atoms with Crippen molar-refractivity contribution in [3.8, 4) is 0 Å². The van der Waals surface area contributed by atoms with Gasteiger partial charge in [0.1, 0.15) is 0 Å². The molecule has 0 aliphatic heterocycles. The fourth-order valence-corrected chi connectivity index (χ4v) is 1.70. The summed E-state index contributed by atoms with van der Waals surface area (Å²) in [5, 5.41) is 4.23. The average Bonchev–Trinajstić information content (AvgIpc) is 2.42. The number of hydrogen-bond acceptors (Lipinski definition) is 4. The Bertz CT molecular complexity index is 492.